The van der Waals surface area contributed by atoms with Crippen LogP contribution in [-0.2, 0) is 0 Å². The van der Waals surface area contributed by atoms with Gasteiger partial charge in [0.1, 0.15) is 11.6 Å². The van der Waals surface area contributed by atoms with Crippen molar-refractivity contribution in [2.75, 3.05) is 5.32 Å². The molecule has 0 spiro atoms. The van der Waals surface area contributed by atoms with Crippen LogP contribution < -0.4 is 5.32 Å². The zero-order valence-corrected chi connectivity index (χ0v) is 10.8. The molecule has 0 aliphatic rings. The molecule has 0 atom stereocenters. The highest BCUT2D eigenvalue weighted by molar-refractivity contribution is 6.33. The molecule has 98 valence electrons. The Bertz CT molecular complexity index is 643. The van der Waals surface area contributed by atoms with Gasteiger partial charge in [-0.15, -0.1) is 0 Å². The van der Waals surface area contributed by atoms with E-state index < -0.39 is 5.82 Å². The first-order valence-corrected chi connectivity index (χ1v) is 5.91. The molecule has 0 saturated heterocycles. The highest BCUT2D eigenvalue weighted by atomic mass is 35.5. The SMILES string of the molecule is Cc1cc(C(=O)Nc2ccc(F)cc2Cl)ccc1O. The third kappa shape index (κ3) is 3.03. The number of benzene rings is 2. The van der Waals surface area contributed by atoms with Gasteiger partial charge in [-0.05, 0) is 48.9 Å². The standard InChI is InChI=1S/C14H11ClFNO2/c1-8-6-9(2-5-13(8)18)14(19)17-12-4-3-10(16)7-11(12)15/h2-7,18H,1H3,(H,17,19). The molecule has 0 aliphatic carbocycles. The lowest BCUT2D eigenvalue weighted by atomic mass is 10.1. The fourth-order valence-corrected chi connectivity index (χ4v) is 1.80. The van der Waals surface area contributed by atoms with Crippen LogP contribution in [-0.4, -0.2) is 11.0 Å². The fraction of sp³-hybridized carbons (Fsp3) is 0.0714. The number of carbonyl (C=O) groups excluding carboxylic acids is 1. The molecule has 0 radical (unpaired) electrons. The third-order valence-electron chi connectivity index (χ3n) is 2.64. The van der Waals surface area contributed by atoms with E-state index in [9.17, 15) is 14.3 Å². The molecule has 0 heterocycles. The van der Waals surface area contributed by atoms with E-state index >= 15 is 0 Å². The Hall–Kier alpha value is -2.07. The van der Waals surface area contributed by atoms with Crippen molar-refractivity contribution < 1.29 is 14.3 Å². The maximum atomic E-state index is 12.9. The van der Waals surface area contributed by atoms with Crippen LogP contribution in [0, 0.1) is 12.7 Å². The van der Waals surface area contributed by atoms with Crippen LogP contribution in [0.15, 0.2) is 36.4 Å². The number of aryl methyl sites for hydroxylation is 1. The number of phenols is 1. The van der Waals surface area contributed by atoms with E-state index in [0.717, 1.165) is 6.07 Å². The summed E-state index contributed by atoms with van der Waals surface area (Å²) in [5, 5.41) is 12.1. The minimum absolute atomic E-state index is 0.122. The molecule has 3 nitrogen and oxygen atoms in total. The average molecular weight is 280 g/mol. The van der Waals surface area contributed by atoms with Crippen molar-refractivity contribution in [2.45, 2.75) is 6.92 Å². The quantitative estimate of drug-likeness (QED) is 0.880. The Morgan fingerprint density at radius 2 is 2.00 bits per heavy atom. The van der Waals surface area contributed by atoms with Crippen molar-refractivity contribution in [3.63, 3.8) is 0 Å². The van der Waals surface area contributed by atoms with Gasteiger partial charge >= 0.3 is 0 Å². The van der Waals surface area contributed by atoms with E-state index in [-0.39, 0.29) is 16.7 Å². The van der Waals surface area contributed by atoms with E-state index in [1.54, 1.807) is 13.0 Å². The van der Waals surface area contributed by atoms with E-state index in [4.69, 9.17) is 11.6 Å². The first-order chi connectivity index (χ1) is 8.97. The Morgan fingerprint density at radius 3 is 2.63 bits per heavy atom. The predicted molar refractivity (Wildman–Crippen MR) is 72.2 cm³/mol. The Morgan fingerprint density at radius 1 is 1.26 bits per heavy atom. The van der Waals surface area contributed by atoms with Crippen LogP contribution in [0.25, 0.3) is 0 Å². The second-order valence-electron chi connectivity index (χ2n) is 4.08. The molecule has 0 unspecified atom stereocenters. The molecule has 0 saturated carbocycles. The van der Waals surface area contributed by atoms with Crippen molar-refractivity contribution in [1.29, 1.82) is 0 Å². The third-order valence-corrected chi connectivity index (χ3v) is 2.95. The Labute approximate surface area is 114 Å². The molecule has 2 aromatic rings. The van der Waals surface area contributed by atoms with Crippen molar-refractivity contribution in [3.8, 4) is 5.75 Å². The molecule has 2 N–H and O–H groups in total. The van der Waals surface area contributed by atoms with Gasteiger partial charge in [0.25, 0.3) is 5.91 Å². The summed E-state index contributed by atoms with van der Waals surface area (Å²) < 4.78 is 12.9. The first-order valence-electron chi connectivity index (χ1n) is 5.53. The number of hydrogen-bond acceptors (Lipinski definition) is 2. The van der Waals surface area contributed by atoms with Gasteiger partial charge in [-0.1, -0.05) is 11.6 Å². The second-order valence-corrected chi connectivity index (χ2v) is 4.49. The number of amides is 1. The summed E-state index contributed by atoms with van der Waals surface area (Å²) in [6.07, 6.45) is 0. The van der Waals surface area contributed by atoms with Gasteiger partial charge in [0.05, 0.1) is 10.7 Å². The Kier molecular flexibility index (Phi) is 3.71. The van der Waals surface area contributed by atoms with Crippen LogP contribution in [0.4, 0.5) is 10.1 Å². The molecule has 0 aromatic heterocycles. The molecular weight excluding hydrogens is 269 g/mol. The lowest BCUT2D eigenvalue weighted by Gasteiger charge is -2.08. The van der Waals surface area contributed by atoms with Gasteiger partial charge in [0.15, 0.2) is 0 Å². The van der Waals surface area contributed by atoms with Crippen molar-refractivity contribution in [1.82, 2.24) is 0 Å². The number of rotatable bonds is 2. The zero-order valence-electron chi connectivity index (χ0n) is 10.1. The monoisotopic (exact) mass is 279 g/mol. The molecule has 0 bridgehead atoms. The lowest BCUT2D eigenvalue weighted by molar-refractivity contribution is 0.102. The van der Waals surface area contributed by atoms with Gasteiger partial charge in [-0.25, -0.2) is 4.39 Å². The summed E-state index contributed by atoms with van der Waals surface area (Å²) >= 11 is 5.82. The second kappa shape index (κ2) is 5.28. The molecule has 0 aliphatic heterocycles. The van der Waals surface area contributed by atoms with E-state index in [1.807, 2.05) is 0 Å². The summed E-state index contributed by atoms with van der Waals surface area (Å²) in [4.78, 5) is 12.0. The number of hydrogen-bond donors (Lipinski definition) is 2. The summed E-state index contributed by atoms with van der Waals surface area (Å²) in [7, 11) is 0. The molecular formula is C14H11ClFNO2. The minimum atomic E-state index is -0.469. The van der Waals surface area contributed by atoms with Crippen molar-refractivity contribution >= 4 is 23.2 Å². The number of phenolic OH excluding ortho intramolecular Hbond substituents is 1. The fourth-order valence-electron chi connectivity index (χ4n) is 1.58. The van der Waals surface area contributed by atoms with Crippen LogP contribution in [0.2, 0.25) is 5.02 Å². The molecule has 2 rings (SSSR count). The van der Waals surface area contributed by atoms with Crippen molar-refractivity contribution in [2.24, 2.45) is 0 Å². The summed E-state index contributed by atoms with van der Waals surface area (Å²) in [6.45, 7) is 1.69. The summed E-state index contributed by atoms with van der Waals surface area (Å²) in [5.41, 5.74) is 1.31. The normalized spacial score (nSPS) is 10.3. The number of carbonyl (C=O) groups is 1. The minimum Gasteiger partial charge on any atom is -0.508 e. The van der Waals surface area contributed by atoms with Gasteiger partial charge in [0.2, 0.25) is 0 Å². The van der Waals surface area contributed by atoms with Crippen LogP contribution in [0.1, 0.15) is 15.9 Å². The molecule has 5 heteroatoms. The average Bonchev–Trinajstić information content (AvgIpc) is 2.36. The topological polar surface area (TPSA) is 49.3 Å². The summed E-state index contributed by atoms with van der Waals surface area (Å²) in [5.74, 6) is -0.726. The van der Waals surface area contributed by atoms with Gasteiger partial charge in [-0.2, -0.15) is 0 Å². The Balaban J connectivity index is 2.23. The van der Waals surface area contributed by atoms with E-state index in [1.165, 1.54) is 24.3 Å². The highest BCUT2D eigenvalue weighted by Gasteiger charge is 2.10. The largest absolute Gasteiger partial charge is 0.508 e. The molecule has 0 fully saturated rings. The van der Waals surface area contributed by atoms with Crippen LogP contribution >= 0.6 is 11.6 Å². The number of aromatic hydroxyl groups is 1. The van der Waals surface area contributed by atoms with Crippen LogP contribution in [0.5, 0.6) is 5.75 Å². The number of anilines is 1. The zero-order chi connectivity index (χ0) is 14.0. The number of halogens is 2. The molecule has 1 amide bonds. The van der Waals surface area contributed by atoms with Crippen molar-refractivity contribution in [3.05, 3.63) is 58.4 Å². The highest BCUT2D eigenvalue weighted by Crippen LogP contribution is 2.24. The van der Waals surface area contributed by atoms with Crippen LogP contribution in [0.3, 0.4) is 0 Å². The molecule has 19 heavy (non-hydrogen) atoms. The number of nitrogens with one attached hydrogen (secondary N) is 1. The predicted octanol–water partition coefficient (Wildman–Crippen LogP) is 3.75. The molecule has 2 aromatic carbocycles. The van der Waals surface area contributed by atoms with E-state index in [2.05, 4.69) is 5.32 Å². The lowest BCUT2D eigenvalue weighted by Crippen LogP contribution is -2.12. The van der Waals surface area contributed by atoms with E-state index in [0.29, 0.717) is 16.8 Å². The summed E-state index contributed by atoms with van der Waals surface area (Å²) in [6, 6.07) is 8.22. The maximum Gasteiger partial charge on any atom is 0.255 e. The first kappa shape index (κ1) is 13.4. The van der Waals surface area contributed by atoms with Gasteiger partial charge in [-0.3, -0.25) is 4.79 Å². The smallest absolute Gasteiger partial charge is 0.255 e. The van der Waals surface area contributed by atoms with Gasteiger partial charge < -0.3 is 10.4 Å². The maximum absolute atomic E-state index is 12.9. The van der Waals surface area contributed by atoms with Gasteiger partial charge in [0, 0.05) is 5.56 Å².